The molecule has 34 heavy (non-hydrogen) atoms. The largest absolute Gasteiger partial charge is 0.487 e. The van der Waals surface area contributed by atoms with E-state index in [0.29, 0.717) is 12.5 Å². The zero-order chi connectivity index (χ0) is 23.5. The summed E-state index contributed by atoms with van der Waals surface area (Å²) in [7, 11) is 0. The first-order chi connectivity index (χ1) is 16.5. The molecule has 0 N–H and O–H groups in total. The standard InChI is InChI=1S/C28H36N4O2/c1-21-11-15-30(16-12-21)17-23-6-4-14-32(18-23)28(33)24-7-9-26(10-8-24)34-20-25-19-31-13-3-5-22(2)27(31)29-25/h3,5,7-10,13,19,21,23H,4,6,11-12,14-18,20H2,1-2H3. The van der Waals surface area contributed by atoms with Gasteiger partial charge >= 0.3 is 0 Å². The Hall–Kier alpha value is -2.86. The van der Waals surface area contributed by atoms with E-state index in [1.165, 1.54) is 32.4 Å². The molecule has 2 fully saturated rings. The second kappa shape index (κ2) is 10.2. The van der Waals surface area contributed by atoms with E-state index in [-0.39, 0.29) is 5.91 Å². The van der Waals surface area contributed by atoms with E-state index >= 15 is 0 Å². The van der Waals surface area contributed by atoms with E-state index in [9.17, 15) is 4.79 Å². The van der Waals surface area contributed by atoms with Crippen LogP contribution in [0.4, 0.5) is 0 Å². The highest BCUT2D eigenvalue weighted by molar-refractivity contribution is 5.94. The number of imidazole rings is 1. The molecule has 1 amide bonds. The van der Waals surface area contributed by atoms with E-state index in [1.807, 2.05) is 47.1 Å². The molecule has 1 aromatic carbocycles. The van der Waals surface area contributed by atoms with Crippen LogP contribution >= 0.6 is 0 Å². The first-order valence-electron chi connectivity index (χ1n) is 12.7. The Bertz CT molecular complexity index is 1120. The van der Waals surface area contributed by atoms with Gasteiger partial charge < -0.3 is 18.9 Å². The van der Waals surface area contributed by atoms with Crippen LogP contribution in [0.3, 0.4) is 0 Å². The average Bonchev–Trinajstić information content (AvgIpc) is 3.29. The van der Waals surface area contributed by atoms with Crippen molar-refractivity contribution in [2.45, 2.75) is 46.1 Å². The van der Waals surface area contributed by atoms with Crippen LogP contribution in [0, 0.1) is 18.8 Å². The van der Waals surface area contributed by atoms with Crippen LogP contribution in [0.25, 0.3) is 5.65 Å². The molecule has 0 bridgehead atoms. The van der Waals surface area contributed by atoms with Crippen LogP contribution in [0.15, 0.2) is 48.8 Å². The Balaban J connectivity index is 1.15. The fraction of sp³-hybridized carbons (Fsp3) is 0.500. The number of pyridine rings is 1. The summed E-state index contributed by atoms with van der Waals surface area (Å²) in [6.07, 6.45) is 8.93. The van der Waals surface area contributed by atoms with Gasteiger partial charge in [-0.2, -0.15) is 0 Å². The first-order valence-corrected chi connectivity index (χ1v) is 12.7. The normalized spacial score (nSPS) is 20.1. The highest BCUT2D eigenvalue weighted by Crippen LogP contribution is 2.24. The van der Waals surface area contributed by atoms with Crippen molar-refractivity contribution in [2.75, 3.05) is 32.7 Å². The lowest BCUT2D eigenvalue weighted by Crippen LogP contribution is -2.45. The molecule has 0 aliphatic carbocycles. The van der Waals surface area contributed by atoms with Gasteiger partial charge in [-0.3, -0.25) is 4.79 Å². The van der Waals surface area contributed by atoms with Crippen molar-refractivity contribution < 1.29 is 9.53 Å². The number of nitrogens with zero attached hydrogens (tertiary/aromatic N) is 4. The number of aromatic nitrogens is 2. The lowest BCUT2D eigenvalue weighted by Gasteiger charge is -2.38. The molecule has 6 nitrogen and oxygen atoms in total. The summed E-state index contributed by atoms with van der Waals surface area (Å²) in [5.41, 5.74) is 3.72. The van der Waals surface area contributed by atoms with Gasteiger partial charge in [0.1, 0.15) is 18.0 Å². The van der Waals surface area contributed by atoms with E-state index in [4.69, 9.17) is 4.74 Å². The monoisotopic (exact) mass is 460 g/mol. The fourth-order valence-corrected chi connectivity index (χ4v) is 5.32. The molecular weight excluding hydrogens is 424 g/mol. The number of amides is 1. The molecule has 2 aliphatic rings. The van der Waals surface area contributed by atoms with Crippen molar-refractivity contribution in [3.8, 4) is 5.75 Å². The van der Waals surface area contributed by atoms with Crippen LogP contribution in [-0.2, 0) is 6.61 Å². The van der Waals surface area contributed by atoms with Gasteiger partial charge in [0.15, 0.2) is 0 Å². The number of aryl methyl sites for hydroxylation is 1. The fourth-order valence-electron chi connectivity index (χ4n) is 5.32. The van der Waals surface area contributed by atoms with Crippen molar-refractivity contribution in [2.24, 2.45) is 11.8 Å². The number of hydrogen-bond acceptors (Lipinski definition) is 4. The minimum Gasteiger partial charge on any atom is -0.487 e. The van der Waals surface area contributed by atoms with E-state index < -0.39 is 0 Å². The topological polar surface area (TPSA) is 50.1 Å². The van der Waals surface area contributed by atoms with Crippen molar-refractivity contribution in [3.05, 3.63) is 65.6 Å². The quantitative estimate of drug-likeness (QED) is 0.530. The van der Waals surface area contributed by atoms with Gasteiger partial charge in [0, 0.05) is 37.6 Å². The molecule has 3 aromatic rings. The van der Waals surface area contributed by atoms with Gasteiger partial charge in [0.05, 0.1) is 5.69 Å². The Morgan fingerprint density at radius 3 is 2.65 bits per heavy atom. The number of ether oxygens (including phenoxy) is 1. The van der Waals surface area contributed by atoms with Crippen LogP contribution in [0.5, 0.6) is 5.75 Å². The van der Waals surface area contributed by atoms with E-state index in [2.05, 4.69) is 34.7 Å². The SMILES string of the molecule is Cc1cccn2cc(COc3ccc(C(=O)N4CCCC(CN5CCC(C)CC5)C4)cc3)nc12. The molecule has 1 atom stereocenters. The Morgan fingerprint density at radius 2 is 1.88 bits per heavy atom. The Labute approximate surface area is 202 Å². The van der Waals surface area contributed by atoms with Gasteiger partial charge in [0.2, 0.25) is 0 Å². The first kappa shape index (κ1) is 22.9. The van der Waals surface area contributed by atoms with Gasteiger partial charge in [-0.25, -0.2) is 4.98 Å². The Morgan fingerprint density at radius 1 is 1.09 bits per heavy atom. The predicted octanol–water partition coefficient (Wildman–Crippen LogP) is 4.81. The molecule has 4 heterocycles. The zero-order valence-corrected chi connectivity index (χ0v) is 20.4. The molecule has 0 saturated carbocycles. The van der Waals surface area contributed by atoms with Crippen molar-refractivity contribution in [3.63, 3.8) is 0 Å². The maximum absolute atomic E-state index is 13.2. The van der Waals surface area contributed by atoms with Crippen LogP contribution in [0.2, 0.25) is 0 Å². The van der Waals surface area contributed by atoms with Gasteiger partial charge in [0.25, 0.3) is 5.91 Å². The third-order valence-corrected chi connectivity index (χ3v) is 7.41. The molecular formula is C28H36N4O2. The highest BCUT2D eigenvalue weighted by Gasteiger charge is 2.27. The summed E-state index contributed by atoms with van der Waals surface area (Å²) in [6, 6.07) is 11.6. The molecule has 0 radical (unpaired) electrons. The second-order valence-electron chi connectivity index (χ2n) is 10.2. The molecule has 0 spiro atoms. The number of carbonyl (C=O) groups is 1. The number of fused-ring (bicyclic) bond motifs is 1. The smallest absolute Gasteiger partial charge is 0.253 e. The van der Waals surface area contributed by atoms with Crippen molar-refractivity contribution in [1.29, 1.82) is 0 Å². The molecule has 2 aromatic heterocycles. The number of likely N-dealkylation sites (tertiary alicyclic amines) is 2. The Kier molecular flexibility index (Phi) is 6.86. The van der Waals surface area contributed by atoms with Gasteiger partial charge in [-0.05, 0) is 93.4 Å². The lowest BCUT2D eigenvalue weighted by molar-refractivity contribution is 0.0622. The van der Waals surface area contributed by atoms with Gasteiger partial charge in [-0.15, -0.1) is 0 Å². The molecule has 2 aliphatic heterocycles. The number of hydrogen-bond donors (Lipinski definition) is 0. The van der Waals surface area contributed by atoms with Crippen molar-refractivity contribution >= 4 is 11.6 Å². The van der Waals surface area contributed by atoms with Crippen LogP contribution in [-0.4, -0.2) is 57.8 Å². The maximum Gasteiger partial charge on any atom is 0.253 e. The summed E-state index contributed by atoms with van der Waals surface area (Å²) < 4.78 is 7.97. The number of benzene rings is 1. The highest BCUT2D eigenvalue weighted by atomic mass is 16.5. The molecule has 6 heteroatoms. The molecule has 2 saturated heterocycles. The minimum absolute atomic E-state index is 0.138. The van der Waals surface area contributed by atoms with Crippen molar-refractivity contribution in [1.82, 2.24) is 19.2 Å². The van der Waals surface area contributed by atoms with E-state index in [0.717, 1.165) is 60.2 Å². The zero-order valence-electron chi connectivity index (χ0n) is 20.4. The molecule has 180 valence electrons. The maximum atomic E-state index is 13.2. The number of rotatable bonds is 6. The number of piperidine rings is 2. The lowest BCUT2D eigenvalue weighted by atomic mass is 9.94. The predicted molar refractivity (Wildman–Crippen MR) is 134 cm³/mol. The summed E-state index contributed by atoms with van der Waals surface area (Å²) in [4.78, 5) is 22.5. The molecule has 5 rings (SSSR count). The van der Waals surface area contributed by atoms with E-state index in [1.54, 1.807) is 0 Å². The van der Waals surface area contributed by atoms with Crippen LogP contribution in [0.1, 0.15) is 54.2 Å². The average molecular weight is 461 g/mol. The third-order valence-electron chi connectivity index (χ3n) is 7.41. The van der Waals surface area contributed by atoms with Crippen LogP contribution < -0.4 is 4.74 Å². The summed E-state index contributed by atoms with van der Waals surface area (Å²) in [5.74, 6) is 2.33. The third kappa shape index (κ3) is 5.27. The number of carbonyl (C=O) groups excluding carboxylic acids is 1. The summed E-state index contributed by atoms with van der Waals surface area (Å²) >= 11 is 0. The second-order valence-corrected chi connectivity index (χ2v) is 10.2. The minimum atomic E-state index is 0.138. The van der Waals surface area contributed by atoms with Gasteiger partial charge in [-0.1, -0.05) is 13.0 Å². The summed E-state index contributed by atoms with van der Waals surface area (Å²) in [6.45, 7) is 10.1. The summed E-state index contributed by atoms with van der Waals surface area (Å²) in [5, 5.41) is 0. The molecule has 1 unspecified atom stereocenters.